The molecule has 0 radical (unpaired) electrons. The van der Waals surface area contributed by atoms with Gasteiger partial charge in [0.1, 0.15) is 17.1 Å². The van der Waals surface area contributed by atoms with Crippen molar-refractivity contribution in [1.29, 1.82) is 0 Å². The van der Waals surface area contributed by atoms with Crippen LogP contribution in [0.2, 0.25) is 0 Å². The smallest absolute Gasteiger partial charge is 0.335 e. The fraction of sp³-hybridized carbons (Fsp3) is 0.312. The van der Waals surface area contributed by atoms with E-state index in [2.05, 4.69) is 9.98 Å². The number of methoxy groups -OCH3 is 2. The number of ether oxygens (including phenoxy) is 2. The zero-order valence-corrected chi connectivity index (χ0v) is 13.3. The van der Waals surface area contributed by atoms with Crippen molar-refractivity contribution in [1.82, 2.24) is 9.55 Å². The van der Waals surface area contributed by atoms with E-state index in [0.29, 0.717) is 11.5 Å². The Morgan fingerprint density at radius 1 is 1.29 bits per heavy atom. The number of benzene rings is 1. The van der Waals surface area contributed by atoms with Crippen LogP contribution in [0.1, 0.15) is 18.4 Å². The molecule has 0 spiro atoms. The Bertz CT molecular complexity index is 909. The predicted octanol–water partition coefficient (Wildman–Crippen LogP) is 0.830. The summed E-state index contributed by atoms with van der Waals surface area (Å²) in [5.74, 6) is 0.307. The second-order valence-electron chi connectivity index (χ2n) is 5.38. The number of aromatic hydroxyl groups is 1. The van der Waals surface area contributed by atoms with Gasteiger partial charge in [0, 0.05) is 12.3 Å². The first kappa shape index (κ1) is 15.9. The van der Waals surface area contributed by atoms with Crippen LogP contribution in [0.25, 0.3) is 5.69 Å². The second kappa shape index (κ2) is 6.23. The molecule has 1 aromatic carbocycles. The van der Waals surface area contributed by atoms with Crippen molar-refractivity contribution in [2.45, 2.75) is 18.9 Å². The molecule has 8 nitrogen and oxygen atoms in total. The molecular weight excluding hydrogens is 314 g/mol. The number of nitrogens with one attached hydrogen (secondary N) is 1. The molecule has 0 atom stereocenters. The lowest BCUT2D eigenvalue weighted by Gasteiger charge is -2.14. The lowest BCUT2D eigenvalue weighted by molar-refractivity contribution is 0.393. The molecule has 1 fully saturated rings. The maximum absolute atomic E-state index is 12.2. The summed E-state index contributed by atoms with van der Waals surface area (Å²) in [6, 6.07) is 4.96. The van der Waals surface area contributed by atoms with Crippen molar-refractivity contribution in [2.24, 2.45) is 4.99 Å². The van der Waals surface area contributed by atoms with Crippen LogP contribution in [0.3, 0.4) is 0 Å². The summed E-state index contributed by atoms with van der Waals surface area (Å²) in [6.45, 7) is 0. The first-order valence-electron chi connectivity index (χ1n) is 7.39. The number of hydrogen-bond acceptors (Lipinski definition) is 6. The molecule has 2 aromatic rings. The van der Waals surface area contributed by atoms with Crippen LogP contribution >= 0.6 is 0 Å². The summed E-state index contributed by atoms with van der Waals surface area (Å²) >= 11 is 0. The summed E-state index contributed by atoms with van der Waals surface area (Å²) in [5.41, 5.74) is -1.31. The Labute approximate surface area is 137 Å². The molecule has 0 bridgehead atoms. The Hall–Kier alpha value is -3.03. The standard InChI is InChI=1S/C16H17N3O5/c1-23-10-5-6-13(24-2)12(7-10)19-15(21)11(8-17-9-3-4-9)14(20)18-16(19)22/h5-9,21H,3-4H2,1-2H3,(H,18,20,22). The second-order valence-corrected chi connectivity index (χ2v) is 5.38. The summed E-state index contributed by atoms with van der Waals surface area (Å²) in [5, 5.41) is 10.5. The molecule has 2 N–H and O–H groups in total. The molecule has 8 heteroatoms. The molecule has 0 saturated heterocycles. The van der Waals surface area contributed by atoms with E-state index >= 15 is 0 Å². The number of aromatic amines is 1. The number of H-pyrrole nitrogens is 1. The number of hydrogen-bond donors (Lipinski definition) is 2. The first-order chi connectivity index (χ1) is 11.5. The molecule has 0 unspecified atom stereocenters. The van der Waals surface area contributed by atoms with Gasteiger partial charge in [0.15, 0.2) is 0 Å². The van der Waals surface area contributed by atoms with Crippen LogP contribution in [0.5, 0.6) is 17.4 Å². The van der Waals surface area contributed by atoms with Crippen LogP contribution in [0.15, 0.2) is 32.8 Å². The quantitative estimate of drug-likeness (QED) is 0.789. The van der Waals surface area contributed by atoms with Gasteiger partial charge >= 0.3 is 5.69 Å². The maximum atomic E-state index is 12.2. The normalized spacial score (nSPS) is 14.1. The molecular formula is C16H17N3O5. The SMILES string of the molecule is COc1ccc(OC)c(-n2c(O)c(C=NC3CC3)c(=O)[nH]c2=O)c1. The highest BCUT2D eigenvalue weighted by atomic mass is 16.5. The number of nitrogens with zero attached hydrogens (tertiary/aromatic N) is 2. The highest BCUT2D eigenvalue weighted by Gasteiger charge is 2.21. The minimum Gasteiger partial charge on any atom is -0.497 e. The molecule has 0 aliphatic heterocycles. The van der Waals surface area contributed by atoms with Gasteiger partial charge in [-0.1, -0.05) is 0 Å². The molecule has 3 rings (SSSR count). The molecule has 1 aromatic heterocycles. The zero-order valence-electron chi connectivity index (χ0n) is 13.3. The van der Waals surface area contributed by atoms with E-state index in [0.717, 1.165) is 17.4 Å². The fourth-order valence-electron chi connectivity index (χ4n) is 2.25. The molecule has 1 saturated carbocycles. The van der Waals surface area contributed by atoms with Crippen LogP contribution < -0.4 is 20.7 Å². The summed E-state index contributed by atoms with van der Waals surface area (Å²) in [7, 11) is 2.92. The van der Waals surface area contributed by atoms with E-state index in [9.17, 15) is 14.7 Å². The van der Waals surface area contributed by atoms with Crippen molar-refractivity contribution in [2.75, 3.05) is 14.2 Å². The third-order valence-electron chi connectivity index (χ3n) is 3.71. The van der Waals surface area contributed by atoms with Gasteiger partial charge in [-0.05, 0) is 25.0 Å². The monoisotopic (exact) mass is 331 g/mol. The average Bonchev–Trinajstić information content (AvgIpc) is 3.38. The largest absolute Gasteiger partial charge is 0.497 e. The highest BCUT2D eigenvalue weighted by molar-refractivity contribution is 5.82. The first-order valence-corrected chi connectivity index (χ1v) is 7.39. The number of aliphatic imine (C=N–C) groups is 1. The lowest BCUT2D eigenvalue weighted by atomic mass is 10.2. The Morgan fingerprint density at radius 3 is 2.67 bits per heavy atom. The average molecular weight is 331 g/mol. The number of rotatable bonds is 5. The van der Waals surface area contributed by atoms with Gasteiger partial charge < -0.3 is 14.6 Å². The Morgan fingerprint density at radius 2 is 2.04 bits per heavy atom. The Kier molecular flexibility index (Phi) is 4.11. The van der Waals surface area contributed by atoms with Gasteiger partial charge in [0.2, 0.25) is 5.88 Å². The van der Waals surface area contributed by atoms with E-state index in [1.807, 2.05) is 0 Å². The molecule has 1 heterocycles. The zero-order chi connectivity index (χ0) is 17.3. The third kappa shape index (κ3) is 2.90. The van der Waals surface area contributed by atoms with Crippen molar-refractivity contribution < 1.29 is 14.6 Å². The molecule has 0 amide bonds. The summed E-state index contributed by atoms with van der Waals surface area (Å²) in [6.07, 6.45) is 3.21. The van der Waals surface area contributed by atoms with E-state index in [1.54, 1.807) is 12.1 Å². The summed E-state index contributed by atoms with van der Waals surface area (Å²) in [4.78, 5) is 30.6. The van der Waals surface area contributed by atoms with Crippen molar-refractivity contribution >= 4 is 6.21 Å². The van der Waals surface area contributed by atoms with E-state index in [1.165, 1.54) is 26.5 Å². The lowest BCUT2D eigenvalue weighted by Crippen LogP contribution is -2.31. The van der Waals surface area contributed by atoms with Gasteiger partial charge in [-0.3, -0.25) is 14.8 Å². The van der Waals surface area contributed by atoms with Gasteiger partial charge in [0.25, 0.3) is 5.56 Å². The van der Waals surface area contributed by atoms with Crippen molar-refractivity contribution in [3.05, 3.63) is 44.6 Å². The molecule has 24 heavy (non-hydrogen) atoms. The van der Waals surface area contributed by atoms with Crippen molar-refractivity contribution in [3.63, 3.8) is 0 Å². The van der Waals surface area contributed by atoms with Gasteiger partial charge in [-0.25, -0.2) is 9.36 Å². The minimum atomic E-state index is -0.785. The summed E-state index contributed by atoms with van der Waals surface area (Å²) < 4.78 is 11.3. The molecule has 1 aliphatic rings. The molecule has 1 aliphatic carbocycles. The van der Waals surface area contributed by atoms with Crippen LogP contribution in [0, 0.1) is 0 Å². The number of aromatic nitrogens is 2. The van der Waals surface area contributed by atoms with E-state index in [4.69, 9.17) is 9.47 Å². The van der Waals surface area contributed by atoms with Gasteiger partial charge in [-0.15, -0.1) is 0 Å². The van der Waals surface area contributed by atoms with Crippen molar-refractivity contribution in [3.8, 4) is 23.1 Å². The fourth-order valence-corrected chi connectivity index (χ4v) is 2.25. The van der Waals surface area contributed by atoms with E-state index < -0.39 is 17.1 Å². The Balaban J connectivity index is 2.22. The van der Waals surface area contributed by atoms with Gasteiger partial charge in [0.05, 0.1) is 25.9 Å². The highest BCUT2D eigenvalue weighted by Crippen LogP contribution is 2.29. The van der Waals surface area contributed by atoms with E-state index in [-0.39, 0.29) is 17.3 Å². The topological polar surface area (TPSA) is 106 Å². The van der Waals surface area contributed by atoms with Crippen LogP contribution in [-0.4, -0.2) is 41.1 Å². The molecule has 126 valence electrons. The van der Waals surface area contributed by atoms with Crippen LogP contribution in [-0.2, 0) is 0 Å². The maximum Gasteiger partial charge on any atom is 0.335 e. The van der Waals surface area contributed by atoms with Crippen LogP contribution in [0.4, 0.5) is 0 Å². The minimum absolute atomic E-state index is 0.0774. The third-order valence-corrected chi connectivity index (χ3v) is 3.71. The predicted molar refractivity (Wildman–Crippen MR) is 88.0 cm³/mol. The van der Waals surface area contributed by atoms with Gasteiger partial charge in [-0.2, -0.15) is 0 Å².